The lowest BCUT2D eigenvalue weighted by molar-refractivity contribution is -0.127. The fourth-order valence-corrected chi connectivity index (χ4v) is 4.86. The van der Waals surface area contributed by atoms with Gasteiger partial charge < -0.3 is 14.7 Å². The predicted molar refractivity (Wildman–Crippen MR) is 130 cm³/mol. The summed E-state index contributed by atoms with van der Waals surface area (Å²) in [6.45, 7) is 9.01. The van der Waals surface area contributed by atoms with E-state index in [-0.39, 0.29) is 23.6 Å². The van der Waals surface area contributed by atoms with Crippen LogP contribution in [0.5, 0.6) is 0 Å². The molecule has 32 heavy (non-hydrogen) atoms. The highest BCUT2D eigenvalue weighted by atomic mass is 35.5. The molecule has 0 bridgehead atoms. The van der Waals surface area contributed by atoms with Crippen LogP contribution < -0.4 is 4.90 Å². The molecule has 3 rings (SSSR count). The van der Waals surface area contributed by atoms with Crippen molar-refractivity contribution in [3.63, 3.8) is 0 Å². The summed E-state index contributed by atoms with van der Waals surface area (Å²) in [5.74, 6) is 0.928. The molecule has 2 aromatic rings. The molecular weight excluding hydrogens is 469 g/mol. The Morgan fingerprint density at radius 1 is 1.16 bits per heavy atom. The van der Waals surface area contributed by atoms with Gasteiger partial charge in [0.1, 0.15) is 11.0 Å². The molecule has 1 aromatic heterocycles. The minimum Gasteiger partial charge on any atom is -0.353 e. The Kier molecular flexibility index (Phi) is 8.62. The Balaban J connectivity index is 1.67. The van der Waals surface area contributed by atoms with Gasteiger partial charge in [-0.1, -0.05) is 47.1 Å². The number of nitrogens with zero attached hydrogens (tertiary/aromatic N) is 5. The van der Waals surface area contributed by atoms with E-state index >= 15 is 0 Å². The molecule has 1 unspecified atom stereocenters. The molecule has 2 heterocycles. The average molecular weight is 496 g/mol. The van der Waals surface area contributed by atoms with Crippen LogP contribution in [-0.2, 0) is 4.79 Å². The molecule has 10 heteroatoms. The van der Waals surface area contributed by atoms with Crippen molar-refractivity contribution in [3.8, 4) is 0 Å². The summed E-state index contributed by atoms with van der Waals surface area (Å²) in [6, 6.07) is 8.77. The quantitative estimate of drug-likeness (QED) is 0.327. The molecule has 1 fully saturated rings. The average Bonchev–Trinajstić information content (AvgIpc) is 2.78. The van der Waals surface area contributed by atoms with Gasteiger partial charge in [0, 0.05) is 44.8 Å². The van der Waals surface area contributed by atoms with E-state index in [1.807, 2.05) is 37.8 Å². The van der Waals surface area contributed by atoms with Crippen LogP contribution in [0.4, 0.5) is 5.82 Å². The van der Waals surface area contributed by atoms with E-state index in [0.29, 0.717) is 59.4 Å². The van der Waals surface area contributed by atoms with Crippen molar-refractivity contribution in [1.82, 2.24) is 19.8 Å². The van der Waals surface area contributed by atoms with E-state index in [9.17, 15) is 9.59 Å². The molecule has 0 radical (unpaired) electrons. The first kappa shape index (κ1) is 24.6. The Morgan fingerprint density at radius 2 is 1.88 bits per heavy atom. The third-order valence-corrected chi connectivity index (χ3v) is 6.77. The highest BCUT2D eigenvalue weighted by Gasteiger charge is 2.30. The lowest BCUT2D eigenvalue weighted by Gasteiger charge is -2.40. The summed E-state index contributed by atoms with van der Waals surface area (Å²) in [5, 5.41) is 1.25. The molecule has 1 aliphatic rings. The van der Waals surface area contributed by atoms with E-state index in [4.69, 9.17) is 23.2 Å². The molecule has 0 spiro atoms. The van der Waals surface area contributed by atoms with Gasteiger partial charge in [0.25, 0.3) is 5.91 Å². The van der Waals surface area contributed by atoms with Crippen LogP contribution in [-0.4, -0.2) is 76.1 Å². The Morgan fingerprint density at radius 3 is 2.53 bits per heavy atom. The SMILES string of the molecule is CCN(CC)C(=O)CSc1nc(Cl)cc(N2CCN(C(=O)c3ccccc3Cl)C(C)C2)n1. The third kappa shape index (κ3) is 5.85. The first-order valence-corrected chi connectivity index (χ1v) is 12.3. The fraction of sp³-hybridized carbons (Fsp3) is 0.455. The number of hydrogen-bond acceptors (Lipinski definition) is 6. The van der Waals surface area contributed by atoms with Gasteiger partial charge in [-0.15, -0.1) is 0 Å². The Labute approximate surface area is 203 Å². The van der Waals surface area contributed by atoms with Crippen molar-refractivity contribution in [3.05, 3.63) is 46.1 Å². The van der Waals surface area contributed by atoms with Gasteiger partial charge in [-0.25, -0.2) is 9.97 Å². The van der Waals surface area contributed by atoms with E-state index < -0.39 is 0 Å². The van der Waals surface area contributed by atoms with Crippen LogP contribution in [0.1, 0.15) is 31.1 Å². The number of halogens is 2. The molecule has 1 atom stereocenters. The number of carbonyl (C=O) groups excluding carboxylic acids is 2. The maximum Gasteiger partial charge on any atom is 0.255 e. The zero-order valence-electron chi connectivity index (χ0n) is 18.4. The number of carbonyl (C=O) groups is 2. The number of piperazine rings is 1. The molecule has 1 saturated heterocycles. The summed E-state index contributed by atoms with van der Waals surface area (Å²) in [5.41, 5.74) is 0.510. The van der Waals surface area contributed by atoms with Crippen molar-refractivity contribution in [2.24, 2.45) is 0 Å². The summed E-state index contributed by atoms with van der Waals surface area (Å²) in [7, 11) is 0. The van der Waals surface area contributed by atoms with Crippen molar-refractivity contribution in [2.75, 3.05) is 43.4 Å². The number of anilines is 1. The van der Waals surface area contributed by atoms with E-state index in [0.717, 1.165) is 0 Å². The normalized spacial score (nSPS) is 16.2. The van der Waals surface area contributed by atoms with Crippen LogP contribution in [0, 0.1) is 0 Å². The van der Waals surface area contributed by atoms with Crippen LogP contribution in [0.2, 0.25) is 10.2 Å². The van der Waals surface area contributed by atoms with E-state index in [2.05, 4.69) is 14.9 Å². The van der Waals surface area contributed by atoms with Crippen molar-refractivity contribution in [1.29, 1.82) is 0 Å². The monoisotopic (exact) mass is 495 g/mol. The maximum atomic E-state index is 13.0. The third-order valence-electron chi connectivity index (χ3n) is 5.42. The van der Waals surface area contributed by atoms with E-state index in [1.165, 1.54) is 11.8 Å². The smallest absolute Gasteiger partial charge is 0.255 e. The molecule has 0 N–H and O–H groups in total. The van der Waals surface area contributed by atoms with Crippen LogP contribution in [0.25, 0.3) is 0 Å². The minimum absolute atomic E-state index is 0.0402. The number of rotatable bonds is 7. The molecule has 0 aliphatic carbocycles. The molecule has 172 valence electrons. The van der Waals surface area contributed by atoms with Crippen LogP contribution >= 0.6 is 35.0 Å². The number of thioether (sulfide) groups is 1. The van der Waals surface area contributed by atoms with Crippen molar-refractivity contribution >= 4 is 52.6 Å². The second-order valence-electron chi connectivity index (χ2n) is 7.46. The van der Waals surface area contributed by atoms with Gasteiger partial charge in [-0.3, -0.25) is 9.59 Å². The first-order chi connectivity index (χ1) is 15.3. The number of aromatic nitrogens is 2. The predicted octanol–water partition coefficient (Wildman–Crippen LogP) is 4.09. The van der Waals surface area contributed by atoms with Gasteiger partial charge in [0.2, 0.25) is 5.91 Å². The van der Waals surface area contributed by atoms with Gasteiger partial charge in [0.05, 0.1) is 16.3 Å². The molecule has 0 saturated carbocycles. The number of hydrogen-bond donors (Lipinski definition) is 0. The molecule has 7 nitrogen and oxygen atoms in total. The largest absolute Gasteiger partial charge is 0.353 e. The molecular formula is C22H27Cl2N5O2S. The van der Waals surface area contributed by atoms with Gasteiger partial charge in [-0.05, 0) is 32.9 Å². The Bertz CT molecular complexity index is 973. The standard InChI is InChI=1S/C22H27Cl2N5O2S/c1-4-27(5-2)20(30)14-32-22-25-18(24)12-19(26-22)28-10-11-29(15(3)13-28)21(31)16-8-6-7-9-17(16)23/h6-9,12,15H,4-5,10-11,13-14H2,1-3H3. The molecule has 1 aromatic carbocycles. The summed E-state index contributed by atoms with van der Waals surface area (Å²) in [6.07, 6.45) is 0. The maximum absolute atomic E-state index is 13.0. The second kappa shape index (κ2) is 11.2. The first-order valence-electron chi connectivity index (χ1n) is 10.6. The second-order valence-corrected chi connectivity index (χ2v) is 9.20. The highest BCUT2D eigenvalue weighted by molar-refractivity contribution is 7.99. The van der Waals surface area contributed by atoms with Crippen molar-refractivity contribution < 1.29 is 9.59 Å². The van der Waals surface area contributed by atoms with Gasteiger partial charge >= 0.3 is 0 Å². The summed E-state index contributed by atoms with van der Waals surface area (Å²) in [4.78, 5) is 39.8. The molecule has 2 amide bonds. The van der Waals surface area contributed by atoms with Gasteiger partial charge in [0.15, 0.2) is 5.16 Å². The lowest BCUT2D eigenvalue weighted by Crippen LogP contribution is -2.54. The fourth-order valence-electron chi connectivity index (χ4n) is 3.66. The Hall–Kier alpha value is -2.03. The molecule has 1 aliphatic heterocycles. The number of amides is 2. The minimum atomic E-state index is -0.0744. The van der Waals surface area contributed by atoms with Crippen LogP contribution in [0.3, 0.4) is 0 Å². The lowest BCUT2D eigenvalue weighted by atomic mass is 10.1. The van der Waals surface area contributed by atoms with Gasteiger partial charge in [-0.2, -0.15) is 0 Å². The zero-order valence-corrected chi connectivity index (χ0v) is 20.8. The topological polar surface area (TPSA) is 69.6 Å². The zero-order chi connectivity index (χ0) is 23.3. The summed E-state index contributed by atoms with van der Waals surface area (Å²) >= 11 is 13.7. The van der Waals surface area contributed by atoms with Crippen molar-refractivity contribution in [2.45, 2.75) is 32.0 Å². The summed E-state index contributed by atoms with van der Waals surface area (Å²) < 4.78 is 0. The number of benzene rings is 1. The highest BCUT2D eigenvalue weighted by Crippen LogP contribution is 2.26. The van der Waals surface area contributed by atoms with E-state index in [1.54, 1.807) is 23.1 Å². The van der Waals surface area contributed by atoms with Crippen LogP contribution in [0.15, 0.2) is 35.5 Å².